The molecule has 0 fully saturated rings. The van der Waals surface area contributed by atoms with Crippen molar-refractivity contribution >= 4 is 0 Å². The minimum atomic E-state index is 0.234. The van der Waals surface area contributed by atoms with E-state index in [1.54, 1.807) is 0 Å². The molecule has 0 aliphatic heterocycles. The molecular formula is C14H31NO. The Morgan fingerprint density at radius 1 is 0.938 bits per heavy atom. The standard InChI is InChI=1S/C14H31NO/c1-4-5-6-7-8-9-10-11-14(15)12-16-13(2)3/h13-14H,4-12,15H2,1-3H3. The number of rotatable bonds is 11. The van der Waals surface area contributed by atoms with Crippen LogP contribution in [-0.2, 0) is 4.74 Å². The van der Waals surface area contributed by atoms with E-state index in [0.717, 1.165) is 6.42 Å². The Bertz CT molecular complexity index is 137. The Balaban J connectivity index is 3.12. The fraction of sp³-hybridized carbons (Fsp3) is 1.00. The molecule has 0 aromatic carbocycles. The van der Waals surface area contributed by atoms with E-state index in [1.165, 1.54) is 44.9 Å². The maximum Gasteiger partial charge on any atom is 0.0620 e. The lowest BCUT2D eigenvalue weighted by Crippen LogP contribution is -2.27. The summed E-state index contributed by atoms with van der Waals surface area (Å²) in [6.07, 6.45) is 10.9. The van der Waals surface area contributed by atoms with Crippen LogP contribution in [0.25, 0.3) is 0 Å². The van der Waals surface area contributed by atoms with Gasteiger partial charge < -0.3 is 10.5 Å². The maximum absolute atomic E-state index is 5.96. The van der Waals surface area contributed by atoms with E-state index < -0.39 is 0 Å². The summed E-state index contributed by atoms with van der Waals surface area (Å²) in [6.45, 7) is 7.09. The summed E-state index contributed by atoms with van der Waals surface area (Å²) < 4.78 is 5.49. The summed E-state index contributed by atoms with van der Waals surface area (Å²) in [5.74, 6) is 0. The van der Waals surface area contributed by atoms with Crippen molar-refractivity contribution in [2.45, 2.75) is 84.3 Å². The normalized spacial score (nSPS) is 13.3. The predicted molar refractivity (Wildman–Crippen MR) is 71.7 cm³/mol. The minimum absolute atomic E-state index is 0.234. The third-order valence-electron chi connectivity index (χ3n) is 2.82. The van der Waals surface area contributed by atoms with Gasteiger partial charge in [-0.15, -0.1) is 0 Å². The van der Waals surface area contributed by atoms with Crippen LogP contribution in [-0.4, -0.2) is 18.8 Å². The Labute approximate surface area is 102 Å². The maximum atomic E-state index is 5.96. The molecule has 1 atom stereocenters. The van der Waals surface area contributed by atoms with Gasteiger partial charge in [0.05, 0.1) is 12.7 Å². The van der Waals surface area contributed by atoms with Gasteiger partial charge in [0.15, 0.2) is 0 Å². The zero-order valence-electron chi connectivity index (χ0n) is 11.5. The lowest BCUT2D eigenvalue weighted by molar-refractivity contribution is 0.0664. The van der Waals surface area contributed by atoms with Crippen LogP contribution < -0.4 is 5.73 Å². The molecule has 0 amide bonds. The molecule has 0 rings (SSSR count). The first-order chi connectivity index (χ1) is 7.66. The quantitative estimate of drug-likeness (QED) is 0.546. The smallest absolute Gasteiger partial charge is 0.0620 e. The summed E-state index contributed by atoms with van der Waals surface area (Å²) >= 11 is 0. The van der Waals surface area contributed by atoms with Crippen LogP contribution in [0, 0.1) is 0 Å². The predicted octanol–water partition coefficient (Wildman–Crippen LogP) is 3.88. The first-order valence-corrected chi connectivity index (χ1v) is 7.04. The summed E-state index contributed by atoms with van der Waals surface area (Å²) in [4.78, 5) is 0. The fourth-order valence-corrected chi connectivity index (χ4v) is 1.76. The van der Waals surface area contributed by atoms with Crippen LogP contribution in [0.15, 0.2) is 0 Å². The molecule has 0 radical (unpaired) electrons. The number of nitrogens with two attached hydrogens (primary N) is 1. The lowest BCUT2D eigenvalue weighted by Gasteiger charge is -2.14. The van der Waals surface area contributed by atoms with Gasteiger partial charge in [0.1, 0.15) is 0 Å². The van der Waals surface area contributed by atoms with E-state index in [-0.39, 0.29) is 6.04 Å². The van der Waals surface area contributed by atoms with Gasteiger partial charge in [0.2, 0.25) is 0 Å². The van der Waals surface area contributed by atoms with E-state index >= 15 is 0 Å². The second-order valence-corrected chi connectivity index (χ2v) is 5.05. The Morgan fingerprint density at radius 3 is 2.06 bits per heavy atom. The third kappa shape index (κ3) is 12.0. The molecule has 0 aromatic heterocycles. The number of ether oxygens (including phenoxy) is 1. The van der Waals surface area contributed by atoms with Crippen molar-refractivity contribution in [3.63, 3.8) is 0 Å². The summed E-state index contributed by atoms with van der Waals surface area (Å²) in [7, 11) is 0. The lowest BCUT2D eigenvalue weighted by atomic mass is 10.1. The van der Waals surface area contributed by atoms with Gasteiger partial charge >= 0.3 is 0 Å². The van der Waals surface area contributed by atoms with Crippen molar-refractivity contribution in [2.75, 3.05) is 6.61 Å². The highest BCUT2D eigenvalue weighted by atomic mass is 16.5. The fourth-order valence-electron chi connectivity index (χ4n) is 1.76. The van der Waals surface area contributed by atoms with Crippen LogP contribution in [0.1, 0.15) is 72.1 Å². The monoisotopic (exact) mass is 229 g/mol. The average molecular weight is 229 g/mol. The van der Waals surface area contributed by atoms with E-state index in [0.29, 0.717) is 12.7 Å². The molecule has 0 saturated carbocycles. The van der Waals surface area contributed by atoms with Crippen molar-refractivity contribution in [2.24, 2.45) is 5.73 Å². The highest BCUT2D eigenvalue weighted by Gasteiger charge is 2.03. The van der Waals surface area contributed by atoms with Gasteiger partial charge in [-0.1, -0.05) is 51.9 Å². The third-order valence-corrected chi connectivity index (χ3v) is 2.82. The highest BCUT2D eigenvalue weighted by Crippen LogP contribution is 2.09. The molecule has 0 heterocycles. The van der Waals surface area contributed by atoms with Gasteiger partial charge in [-0.25, -0.2) is 0 Å². The van der Waals surface area contributed by atoms with Gasteiger partial charge in [-0.05, 0) is 20.3 Å². The average Bonchev–Trinajstić information content (AvgIpc) is 2.25. The summed E-state index contributed by atoms with van der Waals surface area (Å²) in [5, 5.41) is 0. The molecule has 2 nitrogen and oxygen atoms in total. The van der Waals surface area contributed by atoms with Gasteiger partial charge in [-0.3, -0.25) is 0 Å². The Morgan fingerprint density at radius 2 is 1.50 bits per heavy atom. The highest BCUT2D eigenvalue weighted by molar-refractivity contribution is 4.60. The van der Waals surface area contributed by atoms with Gasteiger partial charge in [-0.2, -0.15) is 0 Å². The second-order valence-electron chi connectivity index (χ2n) is 5.05. The van der Waals surface area contributed by atoms with E-state index in [2.05, 4.69) is 20.8 Å². The SMILES string of the molecule is CCCCCCCCCC(N)COC(C)C. The topological polar surface area (TPSA) is 35.2 Å². The van der Waals surface area contributed by atoms with Crippen LogP contribution in [0.5, 0.6) is 0 Å². The minimum Gasteiger partial charge on any atom is -0.377 e. The van der Waals surface area contributed by atoms with E-state index in [4.69, 9.17) is 10.5 Å². The van der Waals surface area contributed by atoms with E-state index in [1.807, 2.05) is 0 Å². The van der Waals surface area contributed by atoms with Gasteiger partial charge in [0, 0.05) is 6.04 Å². The molecule has 0 aromatic rings. The van der Waals surface area contributed by atoms with Crippen molar-refractivity contribution in [1.29, 1.82) is 0 Å². The van der Waals surface area contributed by atoms with E-state index in [9.17, 15) is 0 Å². The first-order valence-electron chi connectivity index (χ1n) is 7.04. The van der Waals surface area contributed by atoms with Crippen LogP contribution in [0.2, 0.25) is 0 Å². The van der Waals surface area contributed by atoms with Crippen LogP contribution in [0.4, 0.5) is 0 Å². The molecule has 0 spiro atoms. The molecule has 98 valence electrons. The summed E-state index contributed by atoms with van der Waals surface area (Å²) in [5.41, 5.74) is 5.96. The molecule has 1 unspecified atom stereocenters. The zero-order valence-corrected chi connectivity index (χ0v) is 11.5. The van der Waals surface area contributed by atoms with Crippen LogP contribution in [0.3, 0.4) is 0 Å². The Kier molecular flexibility index (Phi) is 11.3. The van der Waals surface area contributed by atoms with Gasteiger partial charge in [0.25, 0.3) is 0 Å². The molecule has 0 aliphatic carbocycles. The number of hydrogen-bond acceptors (Lipinski definition) is 2. The summed E-state index contributed by atoms with van der Waals surface area (Å²) in [6, 6.07) is 0.234. The van der Waals surface area contributed by atoms with Crippen molar-refractivity contribution in [1.82, 2.24) is 0 Å². The largest absolute Gasteiger partial charge is 0.377 e. The zero-order chi connectivity index (χ0) is 12.2. The molecule has 0 saturated heterocycles. The second kappa shape index (κ2) is 11.4. The van der Waals surface area contributed by atoms with Crippen molar-refractivity contribution < 1.29 is 4.74 Å². The molecule has 16 heavy (non-hydrogen) atoms. The number of hydrogen-bond donors (Lipinski definition) is 1. The van der Waals surface area contributed by atoms with Crippen LogP contribution >= 0.6 is 0 Å². The Hall–Kier alpha value is -0.0800. The molecule has 0 bridgehead atoms. The molecule has 0 aliphatic rings. The first kappa shape index (κ1) is 15.9. The number of unbranched alkanes of at least 4 members (excludes halogenated alkanes) is 6. The molecular weight excluding hydrogens is 198 g/mol. The molecule has 2 N–H and O–H groups in total. The van der Waals surface area contributed by atoms with Crippen molar-refractivity contribution in [3.05, 3.63) is 0 Å². The molecule has 2 heteroatoms. The van der Waals surface area contributed by atoms with Crippen molar-refractivity contribution in [3.8, 4) is 0 Å².